The first-order chi connectivity index (χ1) is 8.94. The summed E-state index contributed by atoms with van der Waals surface area (Å²) in [6.07, 6.45) is 1.38. The number of nitrogens with two attached hydrogens (primary N) is 1. The molecule has 2 rings (SSSR count). The average molecular weight is 320 g/mol. The molecule has 0 radical (unpaired) electrons. The lowest BCUT2D eigenvalue weighted by Gasteiger charge is -2.10. The van der Waals surface area contributed by atoms with Gasteiger partial charge in [-0.05, 0) is 25.0 Å². The number of benzene rings is 1. The molecule has 1 aromatic rings. The van der Waals surface area contributed by atoms with Crippen molar-refractivity contribution in [3.8, 4) is 0 Å². The zero-order valence-corrected chi connectivity index (χ0v) is 12.5. The van der Waals surface area contributed by atoms with Crippen molar-refractivity contribution in [1.82, 2.24) is 10.0 Å². The van der Waals surface area contributed by atoms with Crippen LogP contribution in [0, 0.1) is 0 Å². The van der Waals surface area contributed by atoms with Crippen LogP contribution in [0.3, 0.4) is 0 Å². The summed E-state index contributed by atoms with van der Waals surface area (Å²) in [6, 6.07) is 8.08. The van der Waals surface area contributed by atoms with Gasteiger partial charge in [-0.15, -0.1) is 12.4 Å². The van der Waals surface area contributed by atoms with Crippen LogP contribution < -0.4 is 15.8 Å². The molecule has 0 heterocycles. The molecule has 0 spiro atoms. The van der Waals surface area contributed by atoms with Crippen LogP contribution in [-0.2, 0) is 14.8 Å². The van der Waals surface area contributed by atoms with Crippen molar-refractivity contribution in [3.63, 3.8) is 0 Å². The zero-order valence-electron chi connectivity index (χ0n) is 10.8. The highest BCUT2D eigenvalue weighted by Gasteiger charge is 2.45. The van der Waals surface area contributed by atoms with Crippen molar-refractivity contribution >= 4 is 28.3 Å². The number of carbonyl (C=O) groups is 1. The number of hydrogen-bond acceptors (Lipinski definition) is 4. The van der Waals surface area contributed by atoms with Gasteiger partial charge in [0.05, 0.1) is 10.4 Å². The Bertz CT molecular complexity index is 559. The van der Waals surface area contributed by atoms with Crippen LogP contribution in [-0.4, -0.2) is 33.0 Å². The van der Waals surface area contributed by atoms with Crippen molar-refractivity contribution in [1.29, 1.82) is 0 Å². The van der Waals surface area contributed by atoms with Crippen molar-refractivity contribution in [2.75, 3.05) is 13.1 Å². The summed E-state index contributed by atoms with van der Waals surface area (Å²) in [5, 5.41) is 2.62. The quantitative estimate of drug-likeness (QED) is 0.642. The Morgan fingerprint density at radius 3 is 2.35 bits per heavy atom. The maximum Gasteiger partial charge on any atom is 0.240 e. The topological polar surface area (TPSA) is 101 Å². The molecule has 0 unspecified atom stereocenters. The van der Waals surface area contributed by atoms with Gasteiger partial charge in [0.25, 0.3) is 0 Å². The Labute approximate surface area is 124 Å². The smallest absolute Gasteiger partial charge is 0.240 e. The number of sulfonamides is 1. The predicted octanol–water partition coefficient (Wildman–Crippen LogP) is -0.00580. The van der Waals surface area contributed by atoms with E-state index in [0.717, 1.165) is 0 Å². The summed E-state index contributed by atoms with van der Waals surface area (Å²) in [4.78, 5) is 11.7. The largest absolute Gasteiger partial charge is 0.353 e. The van der Waals surface area contributed by atoms with Gasteiger partial charge in [0.2, 0.25) is 15.9 Å². The second-order valence-electron chi connectivity index (χ2n) is 4.62. The zero-order chi connectivity index (χ0) is 13.9. The van der Waals surface area contributed by atoms with Gasteiger partial charge in [0.15, 0.2) is 0 Å². The van der Waals surface area contributed by atoms with E-state index in [2.05, 4.69) is 10.0 Å². The fourth-order valence-corrected chi connectivity index (χ4v) is 2.64. The highest BCUT2D eigenvalue weighted by molar-refractivity contribution is 7.89. The van der Waals surface area contributed by atoms with Crippen LogP contribution in [0.5, 0.6) is 0 Å². The highest BCUT2D eigenvalue weighted by atomic mass is 35.5. The van der Waals surface area contributed by atoms with Crippen molar-refractivity contribution in [3.05, 3.63) is 30.3 Å². The second-order valence-corrected chi connectivity index (χ2v) is 6.39. The molecule has 4 N–H and O–H groups in total. The minimum Gasteiger partial charge on any atom is -0.353 e. The number of hydrogen-bond donors (Lipinski definition) is 3. The van der Waals surface area contributed by atoms with Gasteiger partial charge in [0, 0.05) is 13.1 Å². The Morgan fingerprint density at radius 1 is 1.20 bits per heavy atom. The van der Waals surface area contributed by atoms with Crippen LogP contribution in [0.15, 0.2) is 35.2 Å². The molecule has 0 aliphatic heterocycles. The Hall–Kier alpha value is -1.15. The van der Waals surface area contributed by atoms with Crippen LogP contribution >= 0.6 is 12.4 Å². The van der Waals surface area contributed by atoms with E-state index in [4.69, 9.17) is 5.73 Å². The summed E-state index contributed by atoms with van der Waals surface area (Å²) < 4.78 is 26.1. The number of carbonyl (C=O) groups excluding carboxylic acids is 1. The minimum absolute atomic E-state index is 0. The molecule has 112 valence electrons. The number of nitrogens with one attached hydrogen (secondary N) is 2. The third-order valence-electron chi connectivity index (χ3n) is 3.00. The molecule has 8 heteroatoms. The van der Waals surface area contributed by atoms with Gasteiger partial charge in [-0.3, -0.25) is 4.79 Å². The molecular formula is C12H18ClN3O3S. The minimum atomic E-state index is -3.51. The van der Waals surface area contributed by atoms with Gasteiger partial charge >= 0.3 is 0 Å². The first-order valence-electron chi connectivity index (χ1n) is 6.06. The third kappa shape index (κ3) is 4.17. The van der Waals surface area contributed by atoms with Crippen molar-refractivity contribution in [2.45, 2.75) is 23.3 Å². The summed E-state index contributed by atoms with van der Waals surface area (Å²) in [5.74, 6) is -0.216. The van der Waals surface area contributed by atoms with E-state index in [0.29, 0.717) is 12.8 Å². The molecule has 0 saturated heterocycles. The molecule has 0 aromatic heterocycles. The molecule has 1 fully saturated rings. The van der Waals surface area contributed by atoms with E-state index in [-0.39, 0.29) is 36.3 Å². The van der Waals surface area contributed by atoms with E-state index in [1.54, 1.807) is 18.2 Å². The molecule has 0 atom stereocenters. The summed E-state index contributed by atoms with van der Waals surface area (Å²) >= 11 is 0. The van der Waals surface area contributed by atoms with E-state index >= 15 is 0 Å². The molecule has 6 nitrogen and oxygen atoms in total. The van der Waals surface area contributed by atoms with Crippen LogP contribution in [0.1, 0.15) is 12.8 Å². The SMILES string of the molecule is Cl.NC1(C(=O)NCCNS(=O)(=O)c2ccccc2)CC1. The van der Waals surface area contributed by atoms with Crippen LogP contribution in [0.25, 0.3) is 0 Å². The monoisotopic (exact) mass is 319 g/mol. The number of halogens is 1. The lowest BCUT2D eigenvalue weighted by molar-refractivity contribution is -0.123. The number of rotatable bonds is 6. The standard InChI is InChI=1S/C12H17N3O3S.ClH/c13-12(6-7-12)11(16)14-8-9-15-19(17,18)10-4-2-1-3-5-10;/h1-5,15H,6-9,13H2,(H,14,16);1H. The average Bonchev–Trinajstić information content (AvgIpc) is 3.15. The lowest BCUT2D eigenvalue weighted by atomic mass is 10.3. The first kappa shape index (κ1) is 16.9. The maximum atomic E-state index is 11.8. The third-order valence-corrected chi connectivity index (χ3v) is 4.47. The van der Waals surface area contributed by atoms with E-state index in [9.17, 15) is 13.2 Å². The van der Waals surface area contributed by atoms with Gasteiger partial charge in [-0.2, -0.15) is 0 Å². The number of amides is 1. The Kier molecular flexibility index (Phi) is 5.52. The molecular weight excluding hydrogens is 302 g/mol. The molecule has 1 saturated carbocycles. The van der Waals surface area contributed by atoms with Crippen molar-refractivity contribution < 1.29 is 13.2 Å². The van der Waals surface area contributed by atoms with Gasteiger partial charge < -0.3 is 11.1 Å². The highest BCUT2D eigenvalue weighted by Crippen LogP contribution is 2.31. The molecule has 0 bridgehead atoms. The summed E-state index contributed by atoms with van der Waals surface area (Å²) in [5.41, 5.74) is 4.97. The Balaban J connectivity index is 0.00000200. The Morgan fingerprint density at radius 2 is 1.80 bits per heavy atom. The van der Waals surface area contributed by atoms with Crippen LogP contribution in [0.4, 0.5) is 0 Å². The molecule has 1 aliphatic carbocycles. The maximum absolute atomic E-state index is 11.8. The summed E-state index contributed by atoms with van der Waals surface area (Å²) in [7, 11) is -3.51. The van der Waals surface area contributed by atoms with Crippen LogP contribution in [0.2, 0.25) is 0 Å². The molecule has 1 aliphatic rings. The van der Waals surface area contributed by atoms with E-state index in [1.165, 1.54) is 12.1 Å². The van der Waals surface area contributed by atoms with Gasteiger partial charge in [0.1, 0.15) is 0 Å². The molecule has 1 aromatic carbocycles. The van der Waals surface area contributed by atoms with Gasteiger partial charge in [-0.1, -0.05) is 18.2 Å². The van der Waals surface area contributed by atoms with Crippen molar-refractivity contribution in [2.24, 2.45) is 5.73 Å². The first-order valence-corrected chi connectivity index (χ1v) is 7.54. The van der Waals surface area contributed by atoms with E-state index in [1.807, 2.05) is 0 Å². The summed E-state index contributed by atoms with van der Waals surface area (Å²) in [6.45, 7) is 0.364. The van der Waals surface area contributed by atoms with Gasteiger partial charge in [-0.25, -0.2) is 13.1 Å². The second kappa shape index (κ2) is 6.53. The van der Waals surface area contributed by atoms with E-state index < -0.39 is 15.6 Å². The normalized spacial score (nSPS) is 16.1. The predicted molar refractivity (Wildman–Crippen MR) is 78.0 cm³/mol. The fourth-order valence-electron chi connectivity index (χ4n) is 1.58. The molecule has 1 amide bonds. The lowest BCUT2D eigenvalue weighted by Crippen LogP contribution is -2.45. The fraction of sp³-hybridized carbons (Fsp3) is 0.417. The molecule has 20 heavy (non-hydrogen) atoms.